The van der Waals surface area contributed by atoms with Crippen molar-refractivity contribution in [2.75, 3.05) is 0 Å². The Bertz CT molecular complexity index is 590. The number of rotatable bonds is 6. The van der Waals surface area contributed by atoms with Gasteiger partial charge in [-0.15, -0.1) is 11.3 Å². The molecule has 2 aromatic rings. The molecule has 114 valence electrons. The second kappa shape index (κ2) is 7.05. The molecule has 0 unspecified atom stereocenters. The van der Waals surface area contributed by atoms with Crippen molar-refractivity contribution in [3.8, 4) is 5.75 Å². The minimum Gasteiger partial charge on any atom is -0.486 e. The van der Waals surface area contributed by atoms with E-state index in [0.717, 1.165) is 16.5 Å². The zero-order chi connectivity index (χ0) is 15.4. The Morgan fingerprint density at radius 3 is 2.43 bits per heavy atom. The van der Waals surface area contributed by atoms with E-state index in [2.05, 4.69) is 44.8 Å². The van der Waals surface area contributed by atoms with Gasteiger partial charge in [-0.25, -0.2) is 4.98 Å². The maximum Gasteiger partial charge on any atom is 0.140 e. The first kappa shape index (κ1) is 16.0. The van der Waals surface area contributed by atoms with Crippen LogP contribution in [0, 0.1) is 0 Å². The topological polar surface area (TPSA) is 48.1 Å². The maximum absolute atomic E-state index is 5.98. The van der Waals surface area contributed by atoms with Crippen LogP contribution in [0.1, 0.15) is 60.7 Å². The first-order valence-corrected chi connectivity index (χ1v) is 8.24. The van der Waals surface area contributed by atoms with Crippen LogP contribution in [-0.4, -0.2) is 4.98 Å². The number of thiazole rings is 1. The van der Waals surface area contributed by atoms with E-state index in [1.807, 2.05) is 12.1 Å². The van der Waals surface area contributed by atoms with E-state index in [-0.39, 0.29) is 0 Å². The van der Waals surface area contributed by atoms with Gasteiger partial charge >= 0.3 is 0 Å². The second-order valence-electron chi connectivity index (χ2n) is 5.76. The van der Waals surface area contributed by atoms with E-state index in [1.165, 1.54) is 10.4 Å². The summed E-state index contributed by atoms with van der Waals surface area (Å²) in [4.78, 5) is 5.85. The number of ether oxygens (including phenoxy) is 1. The van der Waals surface area contributed by atoms with Gasteiger partial charge in [0.05, 0.1) is 5.69 Å². The van der Waals surface area contributed by atoms with Crippen LogP contribution in [0.3, 0.4) is 0 Å². The summed E-state index contributed by atoms with van der Waals surface area (Å²) in [6.07, 6.45) is 0. The number of aromatic nitrogens is 1. The predicted octanol–water partition coefficient (Wildman–Crippen LogP) is 4.43. The molecule has 0 atom stereocenters. The Labute approximate surface area is 131 Å². The van der Waals surface area contributed by atoms with Crippen LogP contribution in [-0.2, 0) is 13.2 Å². The zero-order valence-electron chi connectivity index (χ0n) is 13.2. The van der Waals surface area contributed by atoms with Gasteiger partial charge in [0.15, 0.2) is 0 Å². The Hall–Kier alpha value is -1.39. The van der Waals surface area contributed by atoms with Gasteiger partial charge < -0.3 is 10.5 Å². The van der Waals surface area contributed by atoms with Crippen molar-refractivity contribution in [2.24, 2.45) is 5.73 Å². The van der Waals surface area contributed by atoms with E-state index in [1.54, 1.807) is 11.3 Å². The molecule has 0 amide bonds. The minimum atomic E-state index is 0.400. The molecule has 0 saturated carbocycles. The summed E-state index contributed by atoms with van der Waals surface area (Å²) in [5.74, 6) is 1.79. The fourth-order valence-corrected chi connectivity index (χ4v) is 3.32. The molecule has 0 spiro atoms. The average Bonchev–Trinajstić information content (AvgIpc) is 2.89. The lowest BCUT2D eigenvalue weighted by atomic mass is 10.0. The number of nitrogens with zero attached hydrogens (tertiary/aromatic N) is 1. The van der Waals surface area contributed by atoms with E-state index in [9.17, 15) is 0 Å². The third-order valence-corrected chi connectivity index (χ3v) is 4.46. The molecule has 3 nitrogen and oxygen atoms in total. The van der Waals surface area contributed by atoms with E-state index >= 15 is 0 Å². The van der Waals surface area contributed by atoms with Gasteiger partial charge in [-0.3, -0.25) is 0 Å². The monoisotopic (exact) mass is 304 g/mol. The molecule has 1 aromatic carbocycles. The lowest BCUT2D eigenvalue weighted by Gasteiger charge is -2.12. The fraction of sp³-hybridized carbons (Fsp3) is 0.471. The highest BCUT2D eigenvalue weighted by atomic mass is 32.1. The molecular weight excluding hydrogens is 280 g/mol. The molecular formula is C17H24N2OS. The zero-order valence-corrected chi connectivity index (χ0v) is 14.0. The molecule has 0 radical (unpaired) electrons. The molecule has 1 aromatic heterocycles. The van der Waals surface area contributed by atoms with Crippen molar-refractivity contribution in [1.29, 1.82) is 0 Å². The van der Waals surface area contributed by atoms with Gasteiger partial charge in [0.25, 0.3) is 0 Å². The van der Waals surface area contributed by atoms with E-state index < -0.39 is 0 Å². The van der Waals surface area contributed by atoms with Crippen LogP contribution in [0.25, 0.3) is 0 Å². The van der Waals surface area contributed by atoms with Crippen molar-refractivity contribution >= 4 is 11.3 Å². The highest BCUT2D eigenvalue weighted by Crippen LogP contribution is 2.29. The molecule has 0 fully saturated rings. The number of nitrogens with two attached hydrogens (primary N) is 1. The summed E-state index contributed by atoms with van der Waals surface area (Å²) in [7, 11) is 0. The van der Waals surface area contributed by atoms with E-state index in [0.29, 0.717) is 25.0 Å². The maximum atomic E-state index is 5.98. The summed E-state index contributed by atoms with van der Waals surface area (Å²) in [6.45, 7) is 9.70. The second-order valence-corrected chi connectivity index (χ2v) is 6.92. The number of para-hydroxylation sites is 1. The van der Waals surface area contributed by atoms with Crippen LogP contribution < -0.4 is 10.5 Å². The fourth-order valence-electron chi connectivity index (χ4n) is 2.30. The van der Waals surface area contributed by atoms with Gasteiger partial charge in [0.1, 0.15) is 17.4 Å². The summed E-state index contributed by atoms with van der Waals surface area (Å²) in [5.41, 5.74) is 8.15. The minimum absolute atomic E-state index is 0.400. The number of hydrogen-bond acceptors (Lipinski definition) is 4. The van der Waals surface area contributed by atoms with E-state index in [4.69, 9.17) is 10.5 Å². The summed E-state index contributed by atoms with van der Waals surface area (Å²) >= 11 is 1.66. The van der Waals surface area contributed by atoms with Gasteiger partial charge in [-0.1, -0.05) is 45.9 Å². The standard InChI is InChI=1S/C17H24N2OS/c1-11(2)13-7-5-6-8-14(13)20-10-16-19-17(12(3)4)15(9-18)21-16/h5-8,11-12H,9-10,18H2,1-4H3. The van der Waals surface area contributed by atoms with Crippen molar-refractivity contribution in [2.45, 2.75) is 52.7 Å². The lowest BCUT2D eigenvalue weighted by molar-refractivity contribution is 0.301. The normalized spacial score (nSPS) is 11.4. The Balaban J connectivity index is 2.14. The summed E-state index contributed by atoms with van der Waals surface area (Å²) in [6, 6.07) is 8.20. The van der Waals surface area contributed by atoms with Crippen molar-refractivity contribution in [1.82, 2.24) is 4.98 Å². The predicted molar refractivity (Wildman–Crippen MR) is 89.0 cm³/mol. The molecule has 21 heavy (non-hydrogen) atoms. The van der Waals surface area contributed by atoms with Gasteiger partial charge in [-0.05, 0) is 23.5 Å². The molecule has 0 saturated heterocycles. The van der Waals surface area contributed by atoms with Crippen LogP contribution in [0.2, 0.25) is 0 Å². The van der Waals surface area contributed by atoms with Crippen LogP contribution in [0.15, 0.2) is 24.3 Å². The molecule has 0 bridgehead atoms. The summed E-state index contributed by atoms with van der Waals surface area (Å²) in [5, 5.41) is 0.998. The molecule has 2 rings (SSSR count). The smallest absolute Gasteiger partial charge is 0.140 e. The lowest BCUT2D eigenvalue weighted by Crippen LogP contribution is -2.01. The number of hydrogen-bond donors (Lipinski definition) is 1. The average molecular weight is 304 g/mol. The summed E-state index contributed by atoms with van der Waals surface area (Å²) < 4.78 is 5.98. The third-order valence-electron chi connectivity index (χ3n) is 3.40. The molecule has 1 heterocycles. The first-order chi connectivity index (χ1) is 10.0. The van der Waals surface area contributed by atoms with Gasteiger partial charge in [-0.2, -0.15) is 0 Å². The first-order valence-electron chi connectivity index (χ1n) is 7.43. The largest absolute Gasteiger partial charge is 0.486 e. The van der Waals surface area contributed by atoms with Crippen LogP contribution >= 0.6 is 11.3 Å². The molecule has 2 N–H and O–H groups in total. The Kier molecular flexibility index (Phi) is 5.37. The molecule has 0 aliphatic carbocycles. The Morgan fingerprint density at radius 2 is 1.86 bits per heavy atom. The highest BCUT2D eigenvalue weighted by Gasteiger charge is 2.14. The molecule has 0 aliphatic heterocycles. The van der Waals surface area contributed by atoms with Gasteiger partial charge in [0, 0.05) is 11.4 Å². The Morgan fingerprint density at radius 1 is 1.14 bits per heavy atom. The SMILES string of the molecule is CC(C)c1ccccc1OCc1nc(C(C)C)c(CN)s1. The quantitative estimate of drug-likeness (QED) is 0.859. The van der Waals surface area contributed by atoms with Crippen molar-refractivity contribution in [3.05, 3.63) is 45.4 Å². The van der Waals surface area contributed by atoms with Crippen LogP contribution in [0.5, 0.6) is 5.75 Å². The highest BCUT2D eigenvalue weighted by molar-refractivity contribution is 7.11. The number of benzene rings is 1. The van der Waals surface area contributed by atoms with Crippen molar-refractivity contribution < 1.29 is 4.74 Å². The molecule has 4 heteroatoms. The van der Waals surface area contributed by atoms with Crippen molar-refractivity contribution in [3.63, 3.8) is 0 Å². The molecule has 0 aliphatic rings. The van der Waals surface area contributed by atoms with Crippen LogP contribution in [0.4, 0.5) is 0 Å². The van der Waals surface area contributed by atoms with Gasteiger partial charge in [0.2, 0.25) is 0 Å². The third kappa shape index (κ3) is 3.83.